The van der Waals surface area contributed by atoms with Crippen LogP contribution in [0, 0.1) is 0 Å². The van der Waals surface area contributed by atoms with Crippen LogP contribution in [0.3, 0.4) is 0 Å². The van der Waals surface area contributed by atoms with E-state index >= 15 is 0 Å². The van der Waals surface area contributed by atoms with E-state index in [-0.39, 0.29) is 18.0 Å². The van der Waals surface area contributed by atoms with Crippen LogP contribution in [0.2, 0.25) is 0 Å². The molecular formula is C9H16O2. The standard InChI is InChI=1S/C9H16O2/c1-5-8-10-7(2)6-9(3,4)11-8/h5,7-8H,1,6H2,2-4H3/t7-,8-/m0/s1. The van der Waals surface area contributed by atoms with Crippen molar-refractivity contribution in [2.75, 3.05) is 0 Å². The molecule has 2 nitrogen and oxygen atoms in total. The van der Waals surface area contributed by atoms with E-state index < -0.39 is 0 Å². The Morgan fingerprint density at radius 3 is 2.64 bits per heavy atom. The first-order chi connectivity index (χ1) is 5.03. The van der Waals surface area contributed by atoms with Crippen LogP contribution >= 0.6 is 0 Å². The number of hydrogen-bond donors (Lipinski definition) is 0. The van der Waals surface area contributed by atoms with Gasteiger partial charge in [-0.15, -0.1) is 0 Å². The van der Waals surface area contributed by atoms with Crippen molar-refractivity contribution in [3.05, 3.63) is 12.7 Å². The topological polar surface area (TPSA) is 18.5 Å². The molecule has 2 heteroatoms. The van der Waals surface area contributed by atoms with Crippen LogP contribution < -0.4 is 0 Å². The van der Waals surface area contributed by atoms with Gasteiger partial charge in [0.05, 0.1) is 11.7 Å². The number of hydrogen-bond acceptors (Lipinski definition) is 2. The first-order valence-corrected chi connectivity index (χ1v) is 3.99. The summed E-state index contributed by atoms with van der Waals surface area (Å²) in [5.41, 5.74) is -0.0729. The highest BCUT2D eigenvalue weighted by Crippen LogP contribution is 2.27. The van der Waals surface area contributed by atoms with Crippen molar-refractivity contribution < 1.29 is 9.47 Å². The van der Waals surface area contributed by atoms with Crippen LogP contribution in [0.5, 0.6) is 0 Å². The second-order valence-electron chi connectivity index (χ2n) is 3.63. The van der Waals surface area contributed by atoms with Gasteiger partial charge in [-0.25, -0.2) is 0 Å². The molecule has 1 aliphatic heterocycles. The third-order valence-electron chi connectivity index (χ3n) is 1.77. The Kier molecular flexibility index (Phi) is 2.35. The second kappa shape index (κ2) is 2.95. The van der Waals surface area contributed by atoms with Crippen molar-refractivity contribution in [2.45, 2.75) is 45.2 Å². The fraction of sp³-hybridized carbons (Fsp3) is 0.778. The highest BCUT2D eigenvalue weighted by atomic mass is 16.7. The maximum atomic E-state index is 5.55. The zero-order valence-corrected chi connectivity index (χ0v) is 7.46. The Balaban J connectivity index is 2.57. The van der Waals surface area contributed by atoms with Gasteiger partial charge < -0.3 is 9.47 Å². The molecule has 1 aliphatic rings. The zero-order valence-electron chi connectivity index (χ0n) is 7.46. The van der Waals surface area contributed by atoms with Crippen molar-refractivity contribution in [3.63, 3.8) is 0 Å². The van der Waals surface area contributed by atoms with Crippen molar-refractivity contribution in [1.82, 2.24) is 0 Å². The lowest BCUT2D eigenvalue weighted by Gasteiger charge is -2.38. The Hall–Kier alpha value is -0.340. The lowest BCUT2D eigenvalue weighted by molar-refractivity contribution is -0.246. The zero-order chi connectivity index (χ0) is 8.48. The summed E-state index contributed by atoms with van der Waals surface area (Å²) in [7, 11) is 0. The summed E-state index contributed by atoms with van der Waals surface area (Å²) in [6.45, 7) is 9.83. The summed E-state index contributed by atoms with van der Waals surface area (Å²) in [5, 5.41) is 0. The van der Waals surface area contributed by atoms with Crippen molar-refractivity contribution >= 4 is 0 Å². The fourth-order valence-corrected chi connectivity index (χ4v) is 1.46. The first kappa shape index (κ1) is 8.75. The van der Waals surface area contributed by atoms with E-state index in [9.17, 15) is 0 Å². The van der Waals surface area contributed by atoms with Crippen LogP contribution in [0.1, 0.15) is 27.2 Å². The van der Waals surface area contributed by atoms with Gasteiger partial charge >= 0.3 is 0 Å². The van der Waals surface area contributed by atoms with Gasteiger partial charge in [0.2, 0.25) is 0 Å². The molecule has 0 aromatic carbocycles. The van der Waals surface area contributed by atoms with Gasteiger partial charge in [0.1, 0.15) is 0 Å². The van der Waals surface area contributed by atoms with Gasteiger partial charge in [0.15, 0.2) is 6.29 Å². The Bertz CT molecular complexity index is 152. The molecule has 0 aromatic heterocycles. The largest absolute Gasteiger partial charge is 0.346 e. The Morgan fingerprint density at radius 2 is 2.18 bits per heavy atom. The minimum atomic E-state index is -0.228. The van der Waals surface area contributed by atoms with Gasteiger partial charge in [0.25, 0.3) is 0 Å². The van der Waals surface area contributed by atoms with Crippen LogP contribution in [-0.4, -0.2) is 18.0 Å². The minimum Gasteiger partial charge on any atom is -0.346 e. The summed E-state index contributed by atoms with van der Waals surface area (Å²) in [5.74, 6) is 0. The molecule has 0 unspecified atom stereocenters. The van der Waals surface area contributed by atoms with Crippen LogP contribution in [-0.2, 0) is 9.47 Å². The summed E-state index contributed by atoms with van der Waals surface area (Å²) in [4.78, 5) is 0. The SMILES string of the molecule is C=C[C@H]1O[C@@H](C)CC(C)(C)O1. The lowest BCUT2D eigenvalue weighted by atomic mass is 10.0. The fourth-order valence-electron chi connectivity index (χ4n) is 1.46. The second-order valence-corrected chi connectivity index (χ2v) is 3.63. The monoisotopic (exact) mass is 156 g/mol. The molecule has 1 heterocycles. The molecule has 0 spiro atoms. The lowest BCUT2D eigenvalue weighted by Crippen LogP contribution is -2.41. The normalized spacial score (nSPS) is 36.6. The summed E-state index contributed by atoms with van der Waals surface area (Å²) in [6.07, 6.45) is 2.67. The van der Waals surface area contributed by atoms with Crippen molar-refractivity contribution in [3.8, 4) is 0 Å². The van der Waals surface area contributed by atoms with Gasteiger partial charge in [-0.1, -0.05) is 6.58 Å². The molecule has 1 rings (SSSR count). The third-order valence-corrected chi connectivity index (χ3v) is 1.77. The summed E-state index contributed by atoms with van der Waals surface area (Å²) in [6, 6.07) is 0. The van der Waals surface area contributed by atoms with E-state index in [4.69, 9.17) is 9.47 Å². The molecule has 11 heavy (non-hydrogen) atoms. The number of ether oxygens (including phenoxy) is 2. The molecule has 0 bridgehead atoms. The van der Waals surface area contributed by atoms with E-state index in [1.807, 2.05) is 0 Å². The van der Waals surface area contributed by atoms with E-state index in [1.54, 1.807) is 6.08 Å². The molecule has 0 N–H and O–H groups in total. The van der Waals surface area contributed by atoms with E-state index in [1.165, 1.54) is 0 Å². The Labute approximate surface area is 68.2 Å². The third kappa shape index (κ3) is 2.31. The maximum Gasteiger partial charge on any atom is 0.177 e. The predicted octanol–water partition coefficient (Wildman–Crippen LogP) is 2.10. The van der Waals surface area contributed by atoms with Crippen LogP contribution in [0.25, 0.3) is 0 Å². The summed E-state index contributed by atoms with van der Waals surface area (Å²) < 4.78 is 11.0. The molecular weight excluding hydrogens is 140 g/mol. The maximum absolute atomic E-state index is 5.55. The molecule has 1 saturated heterocycles. The van der Waals surface area contributed by atoms with Crippen LogP contribution in [0.15, 0.2) is 12.7 Å². The van der Waals surface area contributed by atoms with Gasteiger partial charge in [-0.2, -0.15) is 0 Å². The molecule has 0 aliphatic carbocycles. The van der Waals surface area contributed by atoms with Crippen molar-refractivity contribution in [1.29, 1.82) is 0 Å². The minimum absolute atomic E-state index is 0.0729. The quantitative estimate of drug-likeness (QED) is 0.541. The van der Waals surface area contributed by atoms with Gasteiger partial charge in [0, 0.05) is 6.42 Å². The summed E-state index contributed by atoms with van der Waals surface area (Å²) >= 11 is 0. The molecule has 64 valence electrons. The highest BCUT2D eigenvalue weighted by Gasteiger charge is 2.31. The smallest absolute Gasteiger partial charge is 0.177 e. The number of rotatable bonds is 1. The van der Waals surface area contributed by atoms with Gasteiger partial charge in [-0.05, 0) is 26.8 Å². The van der Waals surface area contributed by atoms with Crippen LogP contribution in [0.4, 0.5) is 0 Å². The predicted molar refractivity (Wildman–Crippen MR) is 44.3 cm³/mol. The molecule has 0 radical (unpaired) electrons. The average molecular weight is 156 g/mol. The molecule has 0 saturated carbocycles. The average Bonchev–Trinajstić information content (AvgIpc) is 1.83. The first-order valence-electron chi connectivity index (χ1n) is 3.99. The van der Waals surface area contributed by atoms with E-state index in [2.05, 4.69) is 27.4 Å². The molecule has 2 atom stereocenters. The highest BCUT2D eigenvalue weighted by molar-refractivity contribution is 4.84. The Morgan fingerprint density at radius 1 is 1.55 bits per heavy atom. The molecule has 1 fully saturated rings. The van der Waals surface area contributed by atoms with Crippen molar-refractivity contribution in [2.24, 2.45) is 0 Å². The molecule has 0 amide bonds. The van der Waals surface area contributed by atoms with E-state index in [0.717, 1.165) is 6.42 Å². The van der Waals surface area contributed by atoms with Gasteiger partial charge in [-0.3, -0.25) is 0 Å². The molecule has 0 aromatic rings. The van der Waals surface area contributed by atoms with E-state index in [0.29, 0.717) is 0 Å².